The highest BCUT2D eigenvalue weighted by molar-refractivity contribution is 5.94. The number of hydrogen-bond donors (Lipinski definition) is 3. The van der Waals surface area contributed by atoms with Crippen molar-refractivity contribution in [1.29, 1.82) is 0 Å². The quantitative estimate of drug-likeness (QED) is 0.684. The molecule has 2 aliphatic rings. The molecular formula is C20H26O4. The summed E-state index contributed by atoms with van der Waals surface area (Å²) in [5.41, 5.74) is -1.68. The Morgan fingerprint density at radius 3 is 2.33 bits per heavy atom. The van der Waals surface area contributed by atoms with Crippen molar-refractivity contribution >= 4 is 11.9 Å². The molecule has 2 atom stereocenters. The normalized spacial score (nSPS) is 31.0. The molecule has 3 rings (SSSR count). The van der Waals surface area contributed by atoms with Gasteiger partial charge in [-0.15, -0.1) is 0 Å². The molecule has 0 bridgehead atoms. The lowest BCUT2D eigenvalue weighted by atomic mass is 9.48. The fraction of sp³-hybridized carbons (Fsp3) is 0.550. The number of phenolic OH excluding ortho intramolecular Hbond substituents is 2. The second kappa shape index (κ2) is 4.85. The lowest BCUT2D eigenvalue weighted by Crippen LogP contribution is -2.60. The molecule has 3 N–H and O–H groups in total. The third kappa shape index (κ3) is 1.80. The first-order valence-electron chi connectivity index (χ1n) is 8.51. The molecule has 4 heteroatoms. The number of hydrogen-bond acceptors (Lipinski definition) is 4. The summed E-state index contributed by atoms with van der Waals surface area (Å²) < 4.78 is 0. The van der Waals surface area contributed by atoms with E-state index >= 15 is 0 Å². The van der Waals surface area contributed by atoms with Crippen LogP contribution >= 0.6 is 0 Å². The van der Waals surface area contributed by atoms with Gasteiger partial charge in [0.25, 0.3) is 0 Å². The topological polar surface area (TPSA) is 77.8 Å². The van der Waals surface area contributed by atoms with Crippen LogP contribution in [0.3, 0.4) is 0 Å². The maximum absolute atomic E-state index is 12.8. The number of carbonyl (C=O) groups is 1. The second-order valence-electron chi connectivity index (χ2n) is 8.34. The first-order valence-corrected chi connectivity index (χ1v) is 8.51. The molecule has 2 unspecified atom stereocenters. The maximum atomic E-state index is 12.8. The molecule has 0 saturated heterocycles. The Kier molecular flexibility index (Phi) is 3.44. The van der Waals surface area contributed by atoms with Crippen molar-refractivity contribution in [3.8, 4) is 11.5 Å². The summed E-state index contributed by atoms with van der Waals surface area (Å²) in [5.74, 6) is -0.913. The van der Waals surface area contributed by atoms with E-state index in [0.29, 0.717) is 17.5 Å². The molecule has 0 amide bonds. The number of fused-ring (bicyclic) bond motifs is 3. The molecular weight excluding hydrogens is 304 g/mol. The summed E-state index contributed by atoms with van der Waals surface area (Å²) in [7, 11) is 0. The zero-order chi connectivity index (χ0) is 18.1. The highest BCUT2D eigenvalue weighted by atomic mass is 16.3. The van der Waals surface area contributed by atoms with Crippen LogP contribution in [0, 0.1) is 10.8 Å². The standard InChI is InChI=1S/C20H26O4/c1-11(2)13-10-12-6-9-19(5)18(3,4)8-7-14(21)20(19,24)15(12)17(23)16(13)22/h6,9-11,22-24H,7-8H2,1-5H3. The smallest absolute Gasteiger partial charge is 0.170 e. The third-order valence-electron chi connectivity index (χ3n) is 6.45. The minimum atomic E-state index is -1.84. The van der Waals surface area contributed by atoms with Gasteiger partial charge in [-0.05, 0) is 29.4 Å². The van der Waals surface area contributed by atoms with Gasteiger partial charge in [0.15, 0.2) is 22.9 Å². The number of benzene rings is 1. The van der Waals surface area contributed by atoms with Crippen LogP contribution in [0.1, 0.15) is 70.1 Å². The molecule has 1 aromatic carbocycles. The molecule has 0 heterocycles. The van der Waals surface area contributed by atoms with E-state index in [2.05, 4.69) is 0 Å². The van der Waals surface area contributed by atoms with Gasteiger partial charge in [-0.25, -0.2) is 0 Å². The molecule has 2 aliphatic carbocycles. The van der Waals surface area contributed by atoms with E-state index in [1.807, 2.05) is 46.8 Å². The van der Waals surface area contributed by atoms with E-state index in [4.69, 9.17) is 0 Å². The van der Waals surface area contributed by atoms with Crippen molar-refractivity contribution in [3.05, 3.63) is 28.8 Å². The third-order valence-corrected chi connectivity index (χ3v) is 6.45. The second-order valence-corrected chi connectivity index (χ2v) is 8.34. The lowest BCUT2D eigenvalue weighted by Gasteiger charge is -2.57. The molecule has 130 valence electrons. The van der Waals surface area contributed by atoms with E-state index in [0.717, 1.165) is 0 Å². The molecule has 1 fully saturated rings. The Hall–Kier alpha value is -1.81. The van der Waals surface area contributed by atoms with Crippen molar-refractivity contribution < 1.29 is 20.1 Å². The van der Waals surface area contributed by atoms with Crippen molar-refractivity contribution in [1.82, 2.24) is 0 Å². The largest absolute Gasteiger partial charge is 0.504 e. The molecule has 4 nitrogen and oxygen atoms in total. The predicted molar refractivity (Wildman–Crippen MR) is 92.9 cm³/mol. The van der Waals surface area contributed by atoms with Crippen LogP contribution in [0.2, 0.25) is 0 Å². The molecule has 0 aromatic heterocycles. The van der Waals surface area contributed by atoms with Gasteiger partial charge < -0.3 is 15.3 Å². The number of Topliss-reactive ketones (excluding diaryl/α,β-unsaturated/α-hetero) is 1. The van der Waals surface area contributed by atoms with E-state index in [1.54, 1.807) is 6.07 Å². The molecule has 24 heavy (non-hydrogen) atoms. The fourth-order valence-corrected chi connectivity index (χ4v) is 4.30. The Bertz CT molecular complexity index is 759. The van der Waals surface area contributed by atoms with Crippen LogP contribution in [0.15, 0.2) is 12.1 Å². The minimum Gasteiger partial charge on any atom is -0.504 e. The van der Waals surface area contributed by atoms with Gasteiger partial charge in [0.2, 0.25) is 0 Å². The highest BCUT2D eigenvalue weighted by Gasteiger charge is 2.64. The van der Waals surface area contributed by atoms with Crippen LogP contribution in [-0.4, -0.2) is 21.1 Å². The Labute approximate surface area is 142 Å². The van der Waals surface area contributed by atoms with E-state index < -0.39 is 11.0 Å². The Morgan fingerprint density at radius 1 is 1.12 bits per heavy atom. The van der Waals surface area contributed by atoms with E-state index in [-0.39, 0.29) is 40.6 Å². The average molecular weight is 330 g/mol. The van der Waals surface area contributed by atoms with Gasteiger partial charge >= 0.3 is 0 Å². The molecule has 1 aromatic rings. The average Bonchev–Trinajstić information content (AvgIpc) is 2.50. The summed E-state index contributed by atoms with van der Waals surface area (Å²) >= 11 is 0. The van der Waals surface area contributed by atoms with Crippen molar-refractivity contribution in [2.45, 2.75) is 59.0 Å². The number of aliphatic hydroxyl groups is 1. The number of carbonyl (C=O) groups excluding carboxylic acids is 1. The van der Waals surface area contributed by atoms with Gasteiger partial charge in [-0.3, -0.25) is 4.79 Å². The lowest BCUT2D eigenvalue weighted by molar-refractivity contribution is -0.175. The zero-order valence-electron chi connectivity index (χ0n) is 15.0. The van der Waals surface area contributed by atoms with Crippen LogP contribution in [-0.2, 0) is 10.4 Å². The van der Waals surface area contributed by atoms with Crippen LogP contribution in [0.25, 0.3) is 6.08 Å². The first-order chi connectivity index (χ1) is 11.0. The predicted octanol–water partition coefficient (Wildman–Crippen LogP) is 3.83. The van der Waals surface area contributed by atoms with Gasteiger partial charge in [-0.2, -0.15) is 0 Å². The summed E-state index contributed by atoms with van der Waals surface area (Å²) in [6.45, 7) is 9.75. The van der Waals surface area contributed by atoms with E-state index in [1.165, 1.54) is 0 Å². The fourth-order valence-electron chi connectivity index (χ4n) is 4.30. The molecule has 0 radical (unpaired) electrons. The highest BCUT2D eigenvalue weighted by Crippen LogP contribution is 2.63. The maximum Gasteiger partial charge on any atom is 0.170 e. The number of rotatable bonds is 1. The Morgan fingerprint density at radius 2 is 1.75 bits per heavy atom. The summed E-state index contributed by atoms with van der Waals surface area (Å²) in [5, 5.41) is 32.7. The summed E-state index contributed by atoms with van der Waals surface area (Å²) in [4.78, 5) is 12.8. The van der Waals surface area contributed by atoms with Crippen molar-refractivity contribution in [2.24, 2.45) is 10.8 Å². The summed E-state index contributed by atoms with van der Waals surface area (Å²) in [6, 6.07) is 1.76. The van der Waals surface area contributed by atoms with Gasteiger partial charge in [0.1, 0.15) is 0 Å². The minimum absolute atomic E-state index is 0.0102. The van der Waals surface area contributed by atoms with Crippen LogP contribution < -0.4 is 0 Å². The molecule has 1 saturated carbocycles. The Balaban J connectivity index is 2.38. The van der Waals surface area contributed by atoms with Crippen LogP contribution in [0.5, 0.6) is 11.5 Å². The summed E-state index contributed by atoms with van der Waals surface area (Å²) in [6.07, 6.45) is 4.67. The van der Waals surface area contributed by atoms with E-state index in [9.17, 15) is 20.1 Å². The van der Waals surface area contributed by atoms with Crippen LogP contribution in [0.4, 0.5) is 0 Å². The first kappa shape index (κ1) is 17.0. The monoisotopic (exact) mass is 330 g/mol. The SMILES string of the molecule is CC(C)c1cc2c(c(O)c1O)C1(O)C(=O)CCC(C)(C)C1(C)C=C2. The number of phenols is 2. The van der Waals surface area contributed by atoms with Crippen molar-refractivity contribution in [3.63, 3.8) is 0 Å². The van der Waals surface area contributed by atoms with Gasteiger partial charge in [-0.1, -0.05) is 46.8 Å². The molecule has 0 spiro atoms. The van der Waals surface area contributed by atoms with Gasteiger partial charge in [0.05, 0.1) is 0 Å². The zero-order valence-corrected chi connectivity index (χ0v) is 15.0. The molecule has 0 aliphatic heterocycles. The van der Waals surface area contributed by atoms with Crippen molar-refractivity contribution in [2.75, 3.05) is 0 Å². The number of ketones is 1. The van der Waals surface area contributed by atoms with Gasteiger partial charge in [0, 0.05) is 23.0 Å². The number of aromatic hydroxyl groups is 2.